The summed E-state index contributed by atoms with van der Waals surface area (Å²) in [7, 11) is 0. The van der Waals surface area contributed by atoms with E-state index in [4.69, 9.17) is 9.15 Å². The number of hydrogen-bond donors (Lipinski definition) is 2. The number of esters is 1. The van der Waals surface area contributed by atoms with Gasteiger partial charge >= 0.3 is 11.6 Å². The van der Waals surface area contributed by atoms with Crippen molar-refractivity contribution < 1.29 is 29.0 Å². The fourth-order valence-corrected chi connectivity index (χ4v) is 3.73. The standard InChI is InChI=1S/C21H16O7/c1-9-7-14(24)27-20-16(9)19(26)17(10(2)22)21-18(20)13(8-15(25)28-21)11-3-5-12(23)6-4-11/h3-7,13,23,26H,8H2,1-2H3/t13-/m0/s1. The molecule has 0 saturated heterocycles. The molecule has 4 rings (SSSR count). The maximum absolute atomic E-state index is 12.3. The first-order valence-corrected chi connectivity index (χ1v) is 8.61. The van der Waals surface area contributed by atoms with Crippen LogP contribution >= 0.6 is 0 Å². The Morgan fingerprint density at radius 3 is 2.46 bits per heavy atom. The van der Waals surface area contributed by atoms with E-state index in [2.05, 4.69) is 0 Å². The van der Waals surface area contributed by atoms with Crippen molar-refractivity contribution >= 4 is 22.7 Å². The van der Waals surface area contributed by atoms with E-state index >= 15 is 0 Å². The number of ether oxygens (including phenoxy) is 1. The molecule has 2 aromatic carbocycles. The first-order chi connectivity index (χ1) is 13.3. The summed E-state index contributed by atoms with van der Waals surface area (Å²) in [4.78, 5) is 36.6. The third-order valence-corrected chi connectivity index (χ3v) is 4.93. The number of benzene rings is 2. The van der Waals surface area contributed by atoms with Gasteiger partial charge in [0.05, 0.1) is 11.8 Å². The van der Waals surface area contributed by atoms with Gasteiger partial charge in [-0.3, -0.25) is 9.59 Å². The van der Waals surface area contributed by atoms with Crippen molar-refractivity contribution in [2.45, 2.75) is 26.2 Å². The zero-order valence-electron chi connectivity index (χ0n) is 15.1. The predicted octanol–water partition coefficient (Wildman–Crippen LogP) is 3.16. The molecule has 1 aromatic heterocycles. The Bertz CT molecular complexity index is 1200. The van der Waals surface area contributed by atoms with Crippen LogP contribution < -0.4 is 10.4 Å². The number of ketones is 1. The molecule has 0 spiro atoms. The van der Waals surface area contributed by atoms with Crippen molar-refractivity contribution in [3.05, 3.63) is 63.0 Å². The van der Waals surface area contributed by atoms with E-state index in [1.165, 1.54) is 25.1 Å². The van der Waals surface area contributed by atoms with Gasteiger partial charge in [0.1, 0.15) is 22.6 Å². The lowest BCUT2D eigenvalue weighted by Crippen LogP contribution is -2.23. The fraction of sp³-hybridized carbons (Fsp3) is 0.190. The number of phenols is 2. The molecule has 0 radical (unpaired) electrons. The van der Waals surface area contributed by atoms with Crippen LogP contribution in [0.15, 0.2) is 39.5 Å². The SMILES string of the molecule is CC(=O)c1c2c(c3oc(=O)cc(C)c3c1O)[C@H](c1ccc(O)cc1)CC(=O)O2. The topological polar surface area (TPSA) is 114 Å². The number of fused-ring (bicyclic) bond motifs is 3. The Morgan fingerprint density at radius 2 is 1.82 bits per heavy atom. The van der Waals surface area contributed by atoms with Crippen LogP contribution in [-0.4, -0.2) is 22.0 Å². The van der Waals surface area contributed by atoms with Crippen molar-refractivity contribution in [2.75, 3.05) is 0 Å². The zero-order chi connectivity index (χ0) is 20.2. The molecular formula is C21H16O7. The molecule has 7 nitrogen and oxygen atoms in total. The average molecular weight is 380 g/mol. The van der Waals surface area contributed by atoms with E-state index in [1.54, 1.807) is 19.1 Å². The molecule has 1 atom stereocenters. The van der Waals surface area contributed by atoms with Gasteiger partial charge in [0.25, 0.3) is 0 Å². The van der Waals surface area contributed by atoms with Gasteiger partial charge in [0.15, 0.2) is 11.5 Å². The highest BCUT2D eigenvalue weighted by Gasteiger charge is 2.37. The van der Waals surface area contributed by atoms with Crippen LogP contribution in [0.3, 0.4) is 0 Å². The van der Waals surface area contributed by atoms with Crippen molar-refractivity contribution in [3.63, 3.8) is 0 Å². The summed E-state index contributed by atoms with van der Waals surface area (Å²) < 4.78 is 10.7. The van der Waals surface area contributed by atoms with E-state index in [1.807, 2.05) is 0 Å². The van der Waals surface area contributed by atoms with Crippen LogP contribution in [0.4, 0.5) is 0 Å². The Labute approximate surface area is 158 Å². The maximum Gasteiger partial charge on any atom is 0.336 e. The largest absolute Gasteiger partial charge is 0.508 e. The van der Waals surface area contributed by atoms with Gasteiger partial charge in [-0.15, -0.1) is 0 Å². The number of Topliss-reactive ketones (excluding diaryl/α,β-unsaturated/α-hetero) is 1. The molecular weight excluding hydrogens is 364 g/mol. The quantitative estimate of drug-likeness (QED) is 0.304. The third-order valence-electron chi connectivity index (χ3n) is 4.93. The third kappa shape index (κ3) is 2.63. The monoisotopic (exact) mass is 380 g/mol. The van der Waals surface area contributed by atoms with E-state index in [0.717, 1.165) is 0 Å². The molecule has 7 heteroatoms. The van der Waals surface area contributed by atoms with Crippen LogP contribution in [-0.2, 0) is 4.79 Å². The lowest BCUT2D eigenvalue weighted by Gasteiger charge is -2.27. The first kappa shape index (κ1) is 17.8. The van der Waals surface area contributed by atoms with Gasteiger partial charge in [-0.05, 0) is 37.1 Å². The Kier molecular flexibility index (Phi) is 3.96. The second-order valence-corrected chi connectivity index (χ2v) is 6.80. The minimum atomic E-state index is -0.622. The number of carbonyl (C=O) groups excluding carboxylic acids is 2. The van der Waals surface area contributed by atoms with E-state index in [-0.39, 0.29) is 40.2 Å². The maximum atomic E-state index is 12.3. The fourth-order valence-electron chi connectivity index (χ4n) is 3.73. The van der Waals surface area contributed by atoms with Gasteiger partial charge in [-0.2, -0.15) is 0 Å². The number of carbonyl (C=O) groups is 2. The lowest BCUT2D eigenvalue weighted by molar-refractivity contribution is -0.135. The van der Waals surface area contributed by atoms with Gasteiger partial charge < -0.3 is 19.4 Å². The zero-order valence-corrected chi connectivity index (χ0v) is 15.1. The van der Waals surface area contributed by atoms with Crippen molar-refractivity contribution in [1.29, 1.82) is 0 Å². The summed E-state index contributed by atoms with van der Waals surface area (Å²) in [6, 6.07) is 7.46. The van der Waals surface area contributed by atoms with Crippen molar-refractivity contribution in [1.82, 2.24) is 0 Å². The van der Waals surface area contributed by atoms with Crippen LogP contribution in [0.2, 0.25) is 0 Å². The Hall–Kier alpha value is -3.61. The van der Waals surface area contributed by atoms with Crippen molar-refractivity contribution in [2.24, 2.45) is 0 Å². The minimum absolute atomic E-state index is 0.0490. The number of hydrogen-bond acceptors (Lipinski definition) is 7. The smallest absolute Gasteiger partial charge is 0.336 e. The highest BCUT2D eigenvalue weighted by atomic mass is 16.5. The summed E-state index contributed by atoms with van der Waals surface area (Å²) in [5.74, 6) is -2.07. The van der Waals surface area contributed by atoms with Crippen LogP contribution in [0, 0.1) is 6.92 Å². The van der Waals surface area contributed by atoms with E-state index < -0.39 is 23.3 Å². The second-order valence-electron chi connectivity index (χ2n) is 6.80. The van der Waals surface area contributed by atoms with Gasteiger partial charge in [0, 0.05) is 17.5 Å². The Morgan fingerprint density at radius 1 is 1.14 bits per heavy atom. The van der Waals surface area contributed by atoms with Gasteiger partial charge in [-0.25, -0.2) is 4.79 Å². The number of rotatable bonds is 2. The molecule has 142 valence electrons. The summed E-state index contributed by atoms with van der Waals surface area (Å²) >= 11 is 0. The molecule has 0 amide bonds. The molecule has 0 unspecified atom stereocenters. The predicted molar refractivity (Wildman–Crippen MR) is 99.1 cm³/mol. The van der Waals surface area contributed by atoms with Gasteiger partial charge in [0.2, 0.25) is 0 Å². The summed E-state index contributed by atoms with van der Waals surface area (Å²) in [6.07, 6.45) is -0.0490. The highest BCUT2D eigenvalue weighted by molar-refractivity contribution is 6.09. The highest BCUT2D eigenvalue weighted by Crippen LogP contribution is 2.49. The van der Waals surface area contributed by atoms with E-state index in [9.17, 15) is 24.6 Å². The molecule has 1 aliphatic rings. The van der Waals surface area contributed by atoms with Crippen LogP contribution in [0.25, 0.3) is 11.0 Å². The molecule has 2 N–H and O–H groups in total. The van der Waals surface area contributed by atoms with Gasteiger partial charge in [-0.1, -0.05) is 12.1 Å². The second kappa shape index (κ2) is 6.23. The molecule has 0 saturated carbocycles. The lowest BCUT2D eigenvalue weighted by atomic mass is 9.83. The summed E-state index contributed by atoms with van der Waals surface area (Å²) in [5, 5.41) is 20.5. The molecule has 1 aliphatic heterocycles. The number of phenolic OH excluding ortho intramolecular Hbond substituents is 2. The molecule has 2 heterocycles. The average Bonchev–Trinajstić information content (AvgIpc) is 2.60. The molecule has 0 bridgehead atoms. The van der Waals surface area contributed by atoms with Crippen LogP contribution in [0.1, 0.15) is 46.3 Å². The number of aryl methyl sites for hydroxylation is 1. The molecule has 3 aromatic rings. The molecule has 28 heavy (non-hydrogen) atoms. The summed E-state index contributed by atoms with van der Waals surface area (Å²) in [6.45, 7) is 2.88. The summed E-state index contributed by atoms with van der Waals surface area (Å²) in [5.41, 5.74) is 0.786. The normalized spacial score (nSPS) is 15.9. The van der Waals surface area contributed by atoms with Crippen molar-refractivity contribution in [3.8, 4) is 17.2 Å². The number of aromatic hydroxyl groups is 2. The molecule has 0 aliphatic carbocycles. The minimum Gasteiger partial charge on any atom is -0.508 e. The first-order valence-electron chi connectivity index (χ1n) is 8.61. The van der Waals surface area contributed by atoms with Crippen LogP contribution in [0.5, 0.6) is 17.2 Å². The van der Waals surface area contributed by atoms with E-state index in [0.29, 0.717) is 16.7 Å². The molecule has 0 fully saturated rings. The Balaban J connectivity index is 2.17.